The average molecular weight is 553 g/mol. The Balaban J connectivity index is 1.31. The van der Waals surface area contributed by atoms with Crippen LogP contribution >= 0.6 is 11.3 Å². The molecule has 3 atom stereocenters. The molecule has 40 heavy (non-hydrogen) atoms. The summed E-state index contributed by atoms with van der Waals surface area (Å²) in [5, 5.41) is 40.2. The Hall–Kier alpha value is -4.55. The predicted octanol–water partition coefficient (Wildman–Crippen LogP) is 3.85. The summed E-state index contributed by atoms with van der Waals surface area (Å²) in [6.07, 6.45) is 5.44. The molecule has 2 fully saturated rings. The van der Waals surface area contributed by atoms with Crippen molar-refractivity contribution in [1.82, 2.24) is 30.1 Å². The fourth-order valence-corrected chi connectivity index (χ4v) is 6.99. The van der Waals surface area contributed by atoms with Crippen molar-refractivity contribution in [2.75, 3.05) is 23.3 Å². The Morgan fingerprint density at radius 3 is 2.65 bits per heavy atom. The standard InChI is InChI=1S/C28H28N10OS/c1-16(10-29)33-23-9-24(25-7-6-21-8-18(11-30)12-32-38(21)25)31-13-22(23)26-35-36-27(40-26)37-14-19-4-5-20(15-37)28(19,3)34-17(2)39/h6-9,12-13,16,19-20H,4-5,14-15H2,1-3H3,(H,31,33)(H,34,39)/t16-,19?,20?,28?/m1/s1. The fourth-order valence-electron chi connectivity index (χ4n) is 6.10. The van der Waals surface area contributed by atoms with E-state index in [1.54, 1.807) is 30.6 Å². The minimum absolute atomic E-state index is 0.0180. The first-order valence-corrected chi connectivity index (χ1v) is 14.0. The molecule has 2 N–H and O–H groups in total. The van der Waals surface area contributed by atoms with Crippen LogP contribution in [0.5, 0.6) is 0 Å². The van der Waals surface area contributed by atoms with Crippen molar-refractivity contribution in [1.29, 1.82) is 10.5 Å². The molecule has 2 bridgehead atoms. The van der Waals surface area contributed by atoms with Gasteiger partial charge >= 0.3 is 0 Å². The number of amides is 1. The molecule has 1 aliphatic carbocycles. The summed E-state index contributed by atoms with van der Waals surface area (Å²) in [4.78, 5) is 18.9. The van der Waals surface area contributed by atoms with E-state index in [1.165, 1.54) is 17.5 Å². The number of pyridine rings is 1. The van der Waals surface area contributed by atoms with E-state index in [9.17, 15) is 15.3 Å². The summed E-state index contributed by atoms with van der Waals surface area (Å²) in [6.45, 7) is 7.19. The summed E-state index contributed by atoms with van der Waals surface area (Å²) in [5.74, 6) is 0.725. The van der Waals surface area contributed by atoms with Gasteiger partial charge in [0.2, 0.25) is 11.0 Å². The highest BCUT2D eigenvalue weighted by molar-refractivity contribution is 7.18. The van der Waals surface area contributed by atoms with Crippen molar-refractivity contribution < 1.29 is 4.79 Å². The van der Waals surface area contributed by atoms with Gasteiger partial charge in [0.15, 0.2) is 5.01 Å². The molecule has 6 rings (SSSR count). The Bertz CT molecular complexity index is 1680. The van der Waals surface area contributed by atoms with E-state index in [1.807, 2.05) is 18.2 Å². The van der Waals surface area contributed by atoms with E-state index in [2.05, 4.69) is 49.9 Å². The highest BCUT2D eigenvalue weighted by Gasteiger charge is 2.51. The van der Waals surface area contributed by atoms with Crippen molar-refractivity contribution in [3.63, 3.8) is 0 Å². The number of piperidine rings is 1. The second-order valence-corrected chi connectivity index (χ2v) is 11.7. The summed E-state index contributed by atoms with van der Waals surface area (Å²) < 4.78 is 1.74. The van der Waals surface area contributed by atoms with Crippen LogP contribution in [-0.4, -0.2) is 55.4 Å². The lowest BCUT2D eigenvalue weighted by atomic mass is 9.78. The fraction of sp³-hybridized carbons (Fsp3) is 0.393. The van der Waals surface area contributed by atoms with Crippen molar-refractivity contribution >= 4 is 33.6 Å². The molecule has 202 valence electrons. The van der Waals surface area contributed by atoms with E-state index < -0.39 is 6.04 Å². The quantitative estimate of drug-likeness (QED) is 0.364. The SMILES string of the molecule is CC(=O)NC1(C)C2CCC1CN(c1nnc(-c3cnc(-c4ccc5cc(C#N)cnn45)cc3N[C@H](C)C#N)s1)C2. The molecule has 1 saturated heterocycles. The highest BCUT2D eigenvalue weighted by atomic mass is 32.1. The molecule has 0 radical (unpaired) electrons. The molecule has 2 aliphatic rings. The molecule has 1 amide bonds. The van der Waals surface area contributed by atoms with Gasteiger partial charge in [0.1, 0.15) is 12.1 Å². The number of fused-ring (bicyclic) bond motifs is 3. The van der Waals surface area contributed by atoms with Crippen LogP contribution in [0.3, 0.4) is 0 Å². The van der Waals surface area contributed by atoms with Gasteiger partial charge in [-0.2, -0.15) is 15.6 Å². The van der Waals surface area contributed by atoms with Crippen molar-refractivity contribution in [2.45, 2.75) is 45.2 Å². The first-order chi connectivity index (χ1) is 19.3. The number of rotatable bonds is 6. The molecule has 0 spiro atoms. The number of carbonyl (C=O) groups is 1. The Labute approximate surface area is 235 Å². The minimum Gasteiger partial charge on any atom is -0.369 e. The number of aromatic nitrogens is 5. The average Bonchev–Trinajstić information content (AvgIpc) is 3.61. The molecule has 1 aliphatic heterocycles. The molecule has 12 heteroatoms. The molecule has 1 saturated carbocycles. The van der Waals surface area contributed by atoms with Crippen LogP contribution in [0.4, 0.5) is 10.8 Å². The van der Waals surface area contributed by atoms with Crippen LogP contribution in [0, 0.1) is 34.5 Å². The van der Waals surface area contributed by atoms with E-state index in [0.717, 1.165) is 53.5 Å². The third kappa shape index (κ3) is 4.40. The van der Waals surface area contributed by atoms with Crippen molar-refractivity contribution in [3.05, 3.63) is 42.2 Å². The van der Waals surface area contributed by atoms with Crippen LogP contribution in [-0.2, 0) is 4.79 Å². The normalized spacial score (nSPS) is 22.5. The molecular weight excluding hydrogens is 524 g/mol. The zero-order chi connectivity index (χ0) is 28.0. The van der Waals surface area contributed by atoms with Crippen molar-refractivity contribution in [2.24, 2.45) is 11.8 Å². The smallest absolute Gasteiger partial charge is 0.217 e. The van der Waals surface area contributed by atoms with Gasteiger partial charge in [0.25, 0.3) is 0 Å². The lowest BCUT2D eigenvalue weighted by Crippen LogP contribution is -2.61. The lowest BCUT2D eigenvalue weighted by molar-refractivity contribution is -0.121. The largest absolute Gasteiger partial charge is 0.369 e. The molecular formula is C28H28N10OS. The van der Waals surface area contributed by atoms with E-state index >= 15 is 0 Å². The highest BCUT2D eigenvalue weighted by Crippen LogP contribution is 2.47. The van der Waals surface area contributed by atoms with E-state index in [-0.39, 0.29) is 11.4 Å². The van der Waals surface area contributed by atoms with E-state index in [0.29, 0.717) is 28.1 Å². The summed E-state index contributed by atoms with van der Waals surface area (Å²) in [5.41, 5.74) is 4.01. The van der Waals surface area contributed by atoms with Gasteiger partial charge in [-0.25, -0.2) is 4.52 Å². The van der Waals surface area contributed by atoms with Crippen LogP contribution in [0.15, 0.2) is 36.7 Å². The van der Waals surface area contributed by atoms with Crippen LogP contribution in [0.1, 0.15) is 39.2 Å². The lowest BCUT2D eigenvalue weighted by Gasteiger charge is -2.45. The second-order valence-electron chi connectivity index (χ2n) is 10.8. The third-order valence-electron chi connectivity index (χ3n) is 8.16. The monoisotopic (exact) mass is 552 g/mol. The number of hydrogen-bond donors (Lipinski definition) is 2. The molecule has 4 aromatic heterocycles. The molecule has 0 aromatic carbocycles. The zero-order valence-electron chi connectivity index (χ0n) is 22.4. The number of carbonyl (C=O) groups excluding carboxylic acids is 1. The van der Waals surface area contributed by atoms with Crippen molar-refractivity contribution in [3.8, 4) is 34.1 Å². The first-order valence-electron chi connectivity index (χ1n) is 13.2. The minimum atomic E-state index is -0.439. The predicted molar refractivity (Wildman–Crippen MR) is 151 cm³/mol. The maximum Gasteiger partial charge on any atom is 0.217 e. The number of nitriles is 2. The molecule has 4 aromatic rings. The number of nitrogens with zero attached hydrogens (tertiary/aromatic N) is 8. The van der Waals surface area contributed by atoms with Gasteiger partial charge in [-0.1, -0.05) is 11.3 Å². The third-order valence-corrected chi connectivity index (χ3v) is 9.18. The van der Waals surface area contributed by atoms with Crippen LogP contribution < -0.4 is 15.5 Å². The molecule has 11 nitrogen and oxygen atoms in total. The Kier molecular flexibility index (Phi) is 6.35. The van der Waals surface area contributed by atoms with Crippen LogP contribution in [0.25, 0.3) is 27.5 Å². The van der Waals surface area contributed by atoms with Gasteiger partial charge in [-0.05, 0) is 62.8 Å². The maximum atomic E-state index is 11.9. The Morgan fingerprint density at radius 2 is 1.95 bits per heavy atom. The molecule has 2 unspecified atom stereocenters. The number of nitrogens with one attached hydrogen (secondary N) is 2. The van der Waals surface area contributed by atoms with Gasteiger partial charge in [-0.3, -0.25) is 9.78 Å². The number of anilines is 2. The maximum absolute atomic E-state index is 11.9. The summed E-state index contributed by atoms with van der Waals surface area (Å²) in [7, 11) is 0. The molecule has 5 heterocycles. The second kappa shape index (κ2) is 9.88. The van der Waals surface area contributed by atoms with Gasteiger partial charge in [0, 0.05) is 37.4 Å². The zero-order valence-corrected chi connectivity index (χ0v) is 23.2. The summed E-state index contributed by atoms with van der Waals surface area (Å²) in [6, 6.07) is 11.4. The number of hydrogen-bond acceptors (Lipinski definition) is 10. The van der Waals surface area contributed by atoms with E-state index in [4.69, 9.17) is 4.98 Å². The summed E-state index contributed by atoms with van der Waals surface area (Å²) >= 11 is 1.50. The topological polar surface area (TPSA) is 148 Å². The van der Waals surface area contributed by atoms with Crippen LogP contribution in [0.2, 0.25) is 0 Å². The van der Waals surface area contributed by atoms with Gasteiger partial charge in [-0.15, -0.1) is 10.2 Å². The first kappa shape index (κ1) is 25.7. The van der Waals surface area contributed by atoms with Gasteiger partial charge in [0.05, 0.1) is 40.3 Å². The van der Waals surface area contributed by atoms with Gasteiger partial charge < -0.3 is 15.5 Å². The Morgan fingerprint density at radius 1 is 1.18 bits per heavy atom.